The van der Waals surface area contributed by atoms with Crippen molar-refractivity contribution in [3.63, 3.8) is 0 Å². The third-order valence-corrected chi connectivity index (χ3v) is 3.59. The van der Waals surface area contributed by atoms with Gasteiger partial charge < -0.3 is 14.4 Å². The highest BCUT2D eigenvalue weighted by Gasteiger charge is 2.25. The van der Waals surface area contributed by atoms with Crippen LogP contribution in [0.15, 0.2) is 11.0 Å². The van der Waals surface area contributed by atoms with E-state index in [4.69, 9.17) is 16.3 Å². The number of esters is 1. The van der Waals surface area contributed by atoms with E-state index >= 15 is 0 Å². The van der Waals surface area contributed by atoms with Gasteiger partial charge in [-0.2, -0.15) is 5.10 Å². The average Bonchev–Trinajstić information content (AvgIpc) is 2.42. The molecule has 1 aromatic rings. The summed E-state index contributed by atoms with van der Waals surface area (Å²) in [5.74, 6) is -0.554. The number of ether oxygens (including phenoxy) is 2. The fourth-order valence-corrected chi connectivity index (χ4v) is 2.62. The number of methoxy groups -OCH3 is 1. The number of rotatable bonds is 3. The van der Waals surface area contributed by atoms with Crippen molar-refractivity contribution in [1.82, 2.24) is 9.78 Å². The van der Waals surface area contributed by atoms with Gasteiger partial charge in [0.1, 0.15) is 11.6 Å². The van der Waals surface area contributed by atoms with Gasteiger partial charge in [0.25, 0.3) is 5.56 Å². The van der Waals surface area contributed by atoms with Crippen molar-refractivity contribution in [3.05, 3.63) is 21.6 Å². The normalized spacial score (nSPS) is 22.2. The Morgan fingerprint density at radius 1 is 1.48 bits per heavy atom. The molecule has 0 saturated carbocycles. The first-order chi connectivity index (χ1) is 9.92. The summed E-state index contributed by atoms with van der Waals surface area (Å²) in [5.41, 5.74) is 0.0520. The van der Waals surface area contributed by atoms with Crippen LogP contribution >= 0.6 is 11.6 Å². The monoisotopic (exact) mass is 315 g/mol. The summed E-state index contributed by atoms with van der Waals surface area (Å²) in [6, 6.07) is 0. The molecule has 2 rings (SSSR count). The second-order valence-electron chi connectivity index (χ2n) is 5.05. The van der Waals surface area contributed by atoms with Gasteiger partial charge in [0.15, 0.2) is 0 Å². The summed E-state index contributed by atoms with van der Waals surface area (Å²) in [5, 5.41) is 4.04. The summed E-state index contributed by atoms with van der Waals surface area (Å²) in [6.07, 6.45) is 1.59. The third-order valence-electron chi connectivity index (χ3n) is 3.23. The van der Waals surface area contributed by atoms with E-state index in [1.807, 2.05) is 18.7 Å². The van der Waals surface area contributed by atoms with E-state index in [9.17, 15) is 9.59 Å². The van der Waals surface area contributed by atoms with Crippen LogP contribution in [0, 0.1) is 0 Å². The van der Waals surface area contributed by atoms with E-state index < -0.39 is 11.5 Å². The van der Waals surface area contributed by atoms with Gasteiger partial charge in [0.05, 0.1) is 31.2 Å². The van der Waals surface area contributed by atoms with Crippen LogP contribution in [-0.4, -0.2) is 48.2 Å². The molecule has 0 unspecified atom stereocenters. The maximum atomic E-state index is 12.1. The zero-order valence-corrected chi connectivity index (χ0v) is 13.0. The molecule has 8 heteroatoms. The Labute approximate surface area is 127 Å². The molecule has 1 fully saturated rings. The van der Waals surface area contributed by atoms with Gasteiger partial charge in [-0.05, 0) is 13.8 Å². The molecule has 0 N–H and O–H groups in total. The molecule has 0 amide bonds. The number of carbonyl (C=O) groups excluding carboxylic acids is 1. The molecular formula is C13H18ClN3O4. The van der Waals surface area contributed by atoms with E-state index in [2.05, 4.69) is 9.84 Å². The Hall–Kier alpha value is -1.60. The number of carbonyl (C=O) groups is 1. The number of hydrogen-bond donors (Lipinski definition) is 0. The predicted molar refractivity (Wildman–Crippen MR) is 77.7 cm³/mol. The molecule has 0 spiro atoms. The highest BCUT2D eigenvalue weighted by molar-refractivity contribution is 6.33. The van der Waals surface area contributed by atoms with E-state index in [1.165, 1.54) is 13.3 Å². The van der Waals surface area contributed by atoms with E-state index in [0.29, 0.717) is 18.8 Å². The second-order valence-corrected chi connectivity index (χ2v) is 5.42. The molecule has 2 heterocycles. The van der Waals surface area contributed by atoms with Crippen molar-refractivity contribution >= 4 is 23.3 Å². The van der Waals surface area contributed by atoms with Crippen molar-refractivity contribution in [1.29, 1.82) is 0 Å². The number of aromatic nitrogens is 2. The minimum Gasteiger partial charge on any atom is -0.468 e. The fraction of sp³-hybridized carbons (Fsp3) is 0.615. The summed E-state index contributed by atoms with van der Waals surface area (Å²) < 4.78 is 11.2. The molecule has 0 aliphatic carbocycles. The standard InChI is InChI=1S/C13H18ClN3O4/c1-8-5-16(6-9(2)21-8)10-4-15-17(7-11(18)20-3)13(19)12(10)14/h4,8-9H,5-7H2,1-3H3/t8-,9+. The second kappa shape index (κ2) is 6.44. The van der Waals surface area contributed by atoms with Gasteiger partial charge in [-0.3, -0.25) is 9.59 Å². The predicted octanol–water partition coefficient (Wildman–Crippen LogP) is 0.683. The minimum atomic E-state index is -0.554. The fourth-order valence-electron chi connectivity index (χ4n) is 2.35. The lowest BCUT2D eigenvalue weighted by Crippen LogP contribution is -2.46. The quantitative estimate of drug-likeness (QED) is 0.764. The lowest BCUT2D eigenvalue weighted by Gasteiger charge is -2.36. The summed E-state index contributed by atoms with van der Waals surface area (Å²) >= 11 is 6.15. The number of morpholine rings is 1. The van der Waals surface area contributed by atoms with E-state index in [-0.39, 0.29) is 23.8 Å². The molecule has 1 aromatic heterocycles. The van der Waals surface area contributed by atoms with Crippen molar-refractivity contribution in [2.45, 2.75) is 32.6 Å². The molecule has 7 nitrogen and oxygen atoms in total. The number of hydrogen-bond acceptors (Lipinski definition) is 6. The molecule has 0 radical (unpaired) electrons. The van der Waals surface area contributed by atoms with Crippen molar-refractivity contribution in [2.24, 2.45) is 0 Å². The number of anilines is 1. The Kier molecular flexibility index (Phi) is 4.84. The first-order valence-corrected chi connectivity index (χ1v) is 7.03. The number of nitrogens with zero attached hydrogens (tertiary/aromatic N) is 3. The van der Waals surface area contributed by atoms with Crippen LogP contribution in [0.4, 0.5) is 5.69 Å². The maximum absolute atomic E-state index is 12.1. The Morgan fingerprint density at radius 3 is 2.67 bits per heavy atom. The summed E-state index contributed by atoms with van der Waals surface area (Å²) in [4.78, 5) is 25.3. The van der Waals surface area contributed by atoms with Gasteiger partial charge in [-0.1, -0.05) is 11.6 Å². The maximum Gasteiger partial charge on any atom is 0.327 e. The first-order valence-electron chi connectivity index (χ1n) is 6.65. The molecular weight excluding hydrogens is 298 g/mol. The van der Waals surface area contributed by atoms with E-state index in [0.717, 1.165) is 4.68 Å². The topological polar surface area (TPSA) is 73.7 Å². The van der Waals surface area contributed by atoms with Gasteiger partial charge in [0.2, 0.25) is 0 Å². The lowest BCUT2D eigenvalue weighted by atomic mass is 10.2. The SMILES string of the molecule is COC(=O)Cn1ncc(N2C[C@@H](C)O[C@@H](C)C2)c(Cl)c1=O. The third kappa shape index (κ3) is 3.54. The van der Waals surface area contributed by atoms with Crippen LogP contribution in [0.25, 0.3) is 0 Å². The van der Waals surface area contributed by atoms with Crippen molar-refractivity contribution in [3.8, 4) is 0 Å². The summed E-state index contributed by atoms with van der Waals surface area (Å²) in [6.45, 7) is 4.93. The molecule has 21 heavy (non-hydrogen) atoms. The highest BCUT2D eigenvalue weighted by Crippen LogP contribution is 2.24. The zero-order chi connectivity index (χ0) is 15.6. The molecule has 1 aliphatic heterocycles. The van der Waals surface area contributed by atoms with Gasteiger partial charge in [-0.25, -0.2) is 4.68 Å². The molecule has 2 atom stereocenters. The van der Waals surface area contributed by atoms with Crippen LogP contribution in [0.2, 0.25) is 5.02 Å². The average molecular weight is 316 g/mol. The van der Waals surface area contributed by atoms with Gasteiger partial charge in [0, 0.05) is 13.1 Å². The highest BCUT2D eigenvalue weighted by atomic mass is 35.5. The molecule has 0 bridgehead atoms. The van der Waals surface area contributed by atoms with Gasteiger partial charge >= 0.3 is 5.97 Å². The smallest absolute Gasteiger partial charge is 0.327 e. The van der Waals surface area contributed by atoms with Crippen molar-refractivity contribution in [2.75, 3.05) is 25.1 Å². The van der Waals surface area contributed by atoms with Crippen LogP contribution in [0.3, 0.4) is 0 Å². The molecule has 0 aromatic carbocycles. The molecule has 1 aliphatic rings. The van der Waals surface area contributed by atoms with Crippen LogP contribution in [0.1, 0.15) is 13.8 Å². The van der Waals surface area contributed by atoms with Crippen LogP contribution in [-0.2, 0) is 20.8 Å². The van der Waals surface area contributed by atoms with Gasteiger partial charge in [-0.15, -0.1) is 0 Å². The number of halogens is 1. The Morgan fingerprint density at radius 2 is 2.10 bits per heavy atom. The van der Waals surface area contributed by atoms with Crippen LogP contribution < -0.4 is 10.5 Å². The molecule has 1 saturated heterocycles. The Bertz CT molecular complexity index is 579. The minimum absolute atomic E-state index is 0.0438. The first kappa shape index (κ1) is 15.8. The summed E-state index contributed by atoms with van der Waals surface area (Å²) in [7, 11) is 1.25. The zero-order valence-electron chi connectivity index (χ0n) is 12.2. The van der Waals surface area contributed by atoms with Crippen molar-refractivity contribution < 1.29 is 14.3 Å². The lowest BCUT2D eigenvalue weighted by molar-refractivity contribution is -0.141. The van der Waals surface area contributed by atoms with E-state index in [1.54, 1.807) is 0 Å². The largest absolute Gasteiger partial charge is 0.468 e. The Balaban J connectivity index is 2.28. The van der Waals surface area contributed by atoms with Crippen LogP contribution in [0.5, 0.6) is 0 Å². The molecule has 116 valence electrons.